The number of carbonyl (C=O) groups excluding carboxylic acids is 1. The number of aromatic carboxylic acids is 1. The molecule has 1 aromatic carbocycles. The normalized spacial score (nSPS) is 10.3. The van der Waals surface area contributed by atoms with E-state index in [1.807, 2.05) is 0 Å². The van der Waals surface area contributed by atoms with Gasteiger partial charge in [0.05, 0.1) is 16.3 Å². The Morgan fingerprint density at radius 2 is 2.15 bits per heavy atom. The second kappa shape index (κ2) is 5.56. The molecule has 20 heavy (non-hydrogen) atoms. The first-order valence-corrected chi connectivity index (χ1v) is 6.51. The number of carboxylic acids is 1. The van der Waals surface area contributed by atoms with Crippen molar-refractivity contribution in [2.45, 2.75) is 6.92 Å². The van der Waals surface area contributed by atoms with Crippen molar-refractivity contribution in [3.05, 3.63) is 45.9 Å². The van der Waals surface area contributed by atoms with E-state index in [-0.39, 0.29) is 21.2 Å². The number of aryl methyl sites for hydroxylation is 1. The molecule has 0 aliphatic rings. The fourth-order valence-corrected chi connectivity index (χ4v) is 2.59. The van der Waals surface area contributed by atoms with Crippen LogP contribution in [0.5, 0.6) is 0 Å². The molecule has 8 heteroatoms. The van der Waals surface area contributed by atoms with Crippen molar-refractivity contribution in [1.82, 2.24) is 4.37 Å². The molecule has 1 aromatic heterocycles. The molecule has 2 aromatic rings. The Balaban J connectivity index is 2.31. The predicted octanol–water partition coefficient (Wildman–Crippen LogP) is 3.19. The van der Waals surface area contributed by atoms with Crippen LogP contribution in [0.4, 0.5) is 9.39 Å². The van der Waals surface area contributed by atoms with E-state index in [1.54, 1.807) is 0 Å². The lowest BCUT2D eigenvalue weighted by Gasteiger charge is -2.05. The second-order valence-electron chi connectivity index (χ2n) is 3.86. The maximum absolute atomic E-state index is 12.9. The smallest absolute Gasteiger partial charge is 0.340 e. The summed E-state index contributed by atoms with van der Waals surface area (Å²) in [6.45, 7) is 1.53. The number of halogens is 2. The maximum Gasteiger partial charge on any atom is 0.340 e. The van der Waals surface area contributed by atoms with Gasteiger partial charge < -0.3 is 10.4 Å². The van der Waals surface area contributed by atoms with E-state index >= 15 is 0 Å². The van der Waals surface area contributed by atoms with Crippen LogP contribution < -0.4 is 5.32 Å². The average Bonchev–Trinajstić information content (AvgIpc) is 2.70. The summed E-state index contributed by atoms with van der Waals surface area (Å²) >= 11 is 6.63. The lowest BCUT2D eigenvalue weighted by Crippen LogP contribution is -2.14. The van der Waals surface area contributed by atoms with Crippen LogP contribution in [0, 0.1) is 12.7 Å². The highest BCUT2D eigenvalue weighted by atomic mass is 35.5. The molecule has 0 saturated heterocycles. The van der Waals surface area contributed by atoms with Gasteiger partial charge in [0.2, 0.25) is 0 Å². The molecule has 0 bridgehead atoms. The molecule has 5 nitrogen and oxygen atoms in total. The van der Waals surface area contributed by atoms with Crippen molar-refractivity contribution in [2.75, 3.05) is 5.32 Å². The Labute approximate surface area is 122 Å². The summed E-state index contributed by atoms with van der Waals surface area (Å²) in [7, 11) is 0. The van der Waals surface area contributed by atoms with E-state index in [1.165, 1.54) is 13.0 Å². The SMILES string of the molecule is Cc1nsc(NC(=O)c2ccc(F)cc2Cl)c1C(=O)O. The van der Waals surface area contributed by atoms with Gasteiger partial charge in [0.1, 0.15) is 16.4 Å². The molecule has 2 N–H and O–H groups in total. The van der Waals surface area contributed by atoms with Crippen molar-refractivity contribution in [3.63, 3.8) is 0 Å². The molecule has 0 radical (unpaired) electrons. The van der Waals surface area contributed by atoms with Gasteiger partial charge in [0.25, 0.3) is 5.91 Å². The van der Waals surface area contributed by atoms with Gasteiger partial charge in [-0.2, -0.15) is 4.37 Å². The zero-order valence-electron chi connectivity index (χ0n) is 10.1. The van der Waals surface area contributed by atoms with Gasteiger partial charge in [0.15, 0.2) is 0 Å². The third-order valence-corrected chi connectivity index (χ3v) is 3.65. The van der Waals surface area contributed by atoms with E-state index in [9.17, 15) is 14.0 Å². The van der Waals surface area contributed by atoms with Crippen molar-refractivity contribution >= 4 is 40.0 Å². The summed E-state index contributed by atoms with van der Waals surface area (Å²) in [4.78, 5) is 23.1. The molecule has 2 rings (SSSR count). The van der Waals surface area contributed by atoms with Crippen LogP contribution >= 0.6 is 23.1 Å². The molecule has 0 aliphatic heterocycles. The van der Waals surface area contributed by atoms with Gasteiger partial charge in [0, 0.05) is 0 Å². The van der Waals surface area contributed by atoms with E-state index in [2.05, 4.69) is 9.69 Å². The highest BCUT2D eigenvalue weighted by molar-refractivity contribution is 7.11. The minimum Gasteiger partial charge on any atom is -0.478 e. The number of hydrogen-bond donors (Lipinski definition) is 2. The van der Waals surface area contributed by atoms with Crippen molar-refractivity contribution in [1.29, 1.82) is 0 Å². The predicted molar refractivity (Wildman–Crippen MR) is 73.2 cm³/mol. The number of nitrogens with zero attached hydrogens (tertiary/aromatic N) is 1. The van der Waals surface area contributed by atoms with Gasteiger partial charge in [-0.15, -0.1) is 0 Å². The first-order valence-electron chi connectivity index (χ1n) is 5.36. The topological polar surface area (TPSA) is 79.3 Å². The molecule has 1 heterocycles. The third kappa shape index (κ3) is 2.78. The second-order valence-corrected chi connectivity index (χ2v) is 5.04. The molecular formula is C12H8ClFN2O3S. The van der Waals surface area contributed by atoms with Crippen molar-refractivity contribution < 1.29 is 19.1 Å². The summed E-state index contributed by atoms with van der Waals surface area (Å²) in [5.74, 6) is -2.37. The fourth-order valence-electron chi connectivity index (χ4n) is 1.55. The van der Waals surface area contributed by atoms with Gasteiger partial charge in [-0.1, -0.05) is 11.6 Å². The Bertz CT molecular complexity index is 702. The summed E-state index contributed by atoms with van der Waals surface area (Å²) in [5, 5.41) is 11.5. The summed E-state index contributed by atoms with van der Waals surface area (Å²) in [6.07, 6.45) is 0. The average molecular weight is 315 g/mol. The van der Waals surface area contributed by atoms with E-state index < -0.39 is 17.7 Å². The lowest BCUT2D eigenvalue weighted by atomic mass is 10.2. The number of hydrogen-bond acceptors (Lipinski definition) is 4. The Morgan fingerprint density at radius 1 is 1.45 bits per heavy atom. The van der Waals surface area contributed by atoms with Crippen LogP contribution in [0.15, 0.2) is 18.2 Å². The number of rotatable bonds is 3. The number of carbonyl (C=O) groups is 2. The van der Waals surface area contributed by atoms with E-state index in [0.29, 0.717) is 5.69 Å². The standard InChI is InChI=1S/C12H8ClFN2O3S/c1-5-9(12(18)19)11(20-16-5)15-10(17)7-3-2-6(14)4-8(7)13/h2-4H,1H3,(H,15,17)(H,18,19). The number of aromatic nitrogens is 1. The van der Waals surface area contributed by atoms with Crippen LogP contribution in [0.1, 0.15) is 26.4 Å². The summed E-state index contributed by atoms with van der Waals surface area (Å²) < 4.78 is 16.8. The molecule has 0 spiro atoms. The van der Waals surface area contributed by atoms with Crippen LogP contribution in [-0.2, 0) is 0 Å². The minimum absolute atomic E-state index is 0.0514. The molecule has 0 atom stereocenters. The third-order valence-electron chi connectivity index (χ3n) is 2.48. The maximum atomic E-state index is 12.9. The van der Waals surface area contributed by atoms with Gasteiger partial charge in [-0.05, 0) is 36.7 Å². The van der Waals surface area contributed by atoms with Crippen LogP contribution in [0.3, 0.4) is 0 Å². The number of nitrogens with one attached hydrogen (secondary N) is 1. The molecule has 0 aliphatic carbocycles. The highest BCUT2D eigenvalue weighted by Gasteiger charge is 2.20. The Morgan fingerprint density at radius 3 is 2.75 bits per heavy atom. The largest absolute Gasteiger partial charge is 0.478 e. The van der Waals surface area contributed by atoms with Gasteiger partial charge >= 0.3 is 5.97 Å². The van der Waals surface area contributed by atoms with Crippen molar-refractivity contribution in [3.8, 4) is 0 Å². The van der Waals surface area contributed by atoms with Crippen LogP contribution in [0.25, 0.3) is 0 Å². The molecule has 0 fully saturated rings. The molecular weight excluding hydrogens is 307 g/mol. The number of benzene rings is 1. The Hall–Kier alpha value is -1.99. The molecule has 1 amide bonds. The van der Waals surface area contributed by atoms with E-state index in [4.69, 9.17) is 16.7 Å². The lowest BCUT2D eigenvalue weighted by molar-refractivity contribution is 0.0697. The quantitative estimate of drug-likeness (QED) is 0.911. The zero-order valence-corrected chi connectivity index (χ0v) is 11.7. The van der Waals surface area contributed by atoms with Gasteiger partial charge in [-0.3, -0.25) is 4.79 Å². The molecule has 0 unspecified atom stereocenters. The molecule has 0 saturated carbocycles. The number of amides is 1. The van der Waals surface area contributed by atoms with Crippen LogP contribution in [0.2, 0.25) is 5.02 Å². The van der Waals surface area contributed by atoms with E-state index in [0.717, 1.165) is 23.7 Å². The summed E-state index contributed by atoms with van der Waals surface area (Å²) in [6, 6.07) is 3.32. The zero-order chi connectivity index (χ0) is 14.9. The first-order chi connectivity index (χ1) is 9.40. The number of carboxylic acid groups (broad SMARTS) is 1. The van der Waals surface area contributed by atoms with Crippen LogP contribution in [-0.4, -0.2) is 21.4 Å². The Kier molecular flexibility index (Phi) is 4.01. The molecule has 104 valence electrons. The first kappa shape index (κ1) is 14.4. The number of anilines is 1. The van der Waals surface area contributed by atoms with Crippen molar-refractivity contribution in [2.24, 2.45) is 0 Å². The monoisotopic (exact) mass is 314 g/mol. The fraction of sp³-hybridized carbons (Fsp3) is 0.0833. The minimum atomic E-state index is -1.18. The van der Waals surface area contributed by atoms with Gasteiger partial charge in [-0.25, -0.2) is 9.18 Å². The summed E-state index contributed by atoms with van der Waals surface area (Å²) in [5.41, 5.74) is 0.292. The highest BCUT2D eigenvalue weighted by Crippen LogP contribution is 2.26.